The Morgan fingerprint density at radius 1 is 1.65 bits per heavy atom. The van der Waals surface area contributed by atoms with Crippen molar-refractivity contribution in [2.45, 2.75) is 30.5 Å². The first kappa shape index (κ1) is 15.1. The van der Waals surface area contributed by atoms with Gasteiger partial charge in [0.1, 0.15) is 0 Å². The van der Waals surface area contributed by atoms with Crippen molar-refractivity contribution in [2.24, 2.45) is 7.05 Å². The van der Waals surface area contributed by atoms with Gasteiger partial charge in [0.25, 0.3) is 0 Å². The van der Waals surface area contributed by atoms with Gasteiger partial charge >= 0.3 is 0 Å². The van der Waals surface area contributed by atoms with E-state index in [1.807, 2.05) is 31.5 Å². The number of aromatic nitrogens is 2. The molecule has 0 aliphatic rings. The quantitative estimate of drug-likeness (QED) is 0.798. The SMILES string of the molecule is C[C@H](Sc1ncc(CO)n1C)C(=O)NCc1cccs1. The van der Waals surface area contributed by atoms with E-state index in [-0.39, 0.29) is 17.8 Å². The summed E-state index contributed by atoms with van der Waals surface area (Å²) in [7, 11) is 1.83. The lowest BCUT2D eigenvalue weighted by molar-refractivity contribution is -0.120. The molecule has 0 aromatic carbocycles. The number of rotatable bonds is 6. The van der Waals surface area contributed by atoms with Crippen LogP contribution in [0.25, 0.3) is 0 Å². The first-order valence-corrected chi connectivity index (χ1v) is 7.96. The van der Waals surface area contributed by atoms with Crippen LogP contribution in [0, 0.1) is 0 Å². The van der Waals surface area contributed by atoms with E-state index in [1.54, 1.807) is 22.1 Å². The number of nitrogens with zero attached hydrogens (tertiary/aromatic N) is 2. The van der Waals surface area contributed by atoms with E-state index in [1.165, 1.54) is 11.8 Å². The molecule has 108 valence electrons. The van der Waals surface area contributed by atoms with Crippen LogP contribution in [-0.2, 0) is 25.0 Å². The first-order valence-electron chi connectivity index (χ1n) is 6.20. The molecule has 2 N–H and O–H groups in total. The summed E-state index contributed by atoms with van der Waals surface area (Å²) in [5.74, 6) is -0.0167. The average Bonchev–Trinajstić information content (AvgIpc) is 3.07. The van der Waals surface area contributed by atoms with Gasteiger partial charge in [0.15, 0.2) is 5.16 Å². The minimum atomic E-state index is -0.234. The molecule has 0 radical (unpaired) electrons. The van der Waals surface area contributed by atoms with Crippen molar-refractivity contribution in [1.29, 1.82) is 0 Å². The second-order valence-corrected chi connectivity index (χ2v) is 6.65. The van der Waals surface area contributed by atoms with E-state index >= 15 is 0 Å². The monoisotopic (exact) mass is 311 g/mol. The fourth-order valence-electron chi connectivity index (χ4n) is 1.62. The number of hydrogen-bond acceptors (Lipinski definition) is 5. The lowest BCUT2D eigenvalue weighted by Crippen LogP contribution is -2.30. The van der Waals surface area contributed by atoms with Crippen LogP contribution in [0.15, 0.2) is 28.9 Å². The highest BCUT2D eigenvalue weighted by atomic mass is 32.2. The van der Waals surface area contributed by atoms with Crippen molar-refractivity contribution in [1.82, 2.24) is 14.9 Å². The van der Waals surface area contributed by atoms with Crippen LogP contribution in [0.4, 0.5) is 0 Å². The Balaban J connectivity index is 1.88. The van der Waals surface area contributed by atoms with Gasteiger partial charge in [-0.05, 0) is 18.4 Å². The van der Waals surface area contributed by atoms with E-state index in [9.17, 15) is 4.79 Å². The summed E-state index contributed by atoms with van der Waals surface area (Å²) in [5.41, 5.74) is 0.735. The van der Waals surface area contributed by atoms with E-state index in [0.717, 1.165) is 15.7 Å². The Morgan fingerprint density at radius 3 is 3.05 bits per heavy atom. The van der Waals surface area contributed by atoms with Gasteiger partial charge in [0, 0.05) is 11.9 Å². The molecule has 2 aromatic rings. The first-order chi connectivity index (χ1) is 9.61. The van der Waals surface area contributed by atoms with Crippen molar-refractivity contribution in [2.75, 3.05) is 0 Å². The van der Waals surface area contributed by atoms with Crippen LogP contribution in [0.1, 0.15) is 17.5 Å². The van der Waals surface area contributed by atoms with Gasteiger partial charge in [0.2, 0.25) is 5.91 Å². The number of imidazole rings is 1. The number of thioether (sulfide) groups is 1. The maximum absolute atomic E-state index is 12.0. The molecule has 0 aliphatic carbocycles. The summed E-state index contributed by atoms with van der Waals surface area (Å²) >= 11 is 3.01. The van der Waals surface area contributed by atoms with E-state index in [0.29, 0.717) is 6.54 Å². The van der Waals surface area contributed by atoms with E-state index in [2.05, 4.69) is 10.3 Å². The molecule has 0 fully saturated rings. The van der Waals surface area contributed by atoms with Crippen molar-refractivity contribution < 1.29 is 9.90 Å². The highest BCUT2D eigenvalue weighted by Crippen LogP contribution is 2.22. The number of aliphatic hydroxyl groups excluding tert-OH is 1. The third-order valence-corrected chi connectivity index (χ3v) is 4.91. The number of hydrogen-bond donors (Lipinski definition) is 2. The molecule has 0 unspecified atom stereocenters. The van der Waals surface area contributed by atoms with Gasteiger partial charge in [0.05, 0.1) is 30.3 Å². The molecule has 20 heavy (non-hydrogen) atoms. The van der Waals surface area contributed by atoms with Crippen molar-refractivity contribution in [3.63, 3.8) is 0 Å². The molecule has 2 heterocycles. The standard InChI is InChI=1S/C13H17N3O2S2/c1-9(12(18)14-7-11-4-3-5-19-11)20-13-15-6-10(8-17)16(13)2/h3-6,9,17H,7-8H2,1-2H3,(H,14,18)/t9-/m0/s1. The molecule has 0 saturated carbocycles. The van der Waals surface area contributed by atoms with Gasteiger partial charge in [-0.15, -0.1) is 11.3 Å². The predicted octanol–water partition coefficient (Wildman–Crippen LogP) is 1.77. The zero-order chi connectivity index (χ0) is 14.5. The van der Waals surface area contributed by atoms with Crippen LogP contribution in [-0.4, -0.2) is 25.8 Å². The van der Waals surface area contributed by atoms with Gasteiger partial charge < -0.3 is 15.0 Å². The summed E-state index contributed by atoms with van der Waals surface area (Å²) in [6.45, 7) is 2.36. The Labute approximate surface area is 126 Å². The number of thiophene rings is 1. The summed E-state index contributed by atoms with van der Waals surface area (Å²) in [6.07, 6.45) is 1.62. The minimum Gasteiger partial charge on any atom is -0.390 e. The van der Waals surface area contributed by atoms with Gasteiger partial charge in [-0.25, -0.2) is 4.98 Å². The normalized spacial score (nSPS) is 12.3. The minimum absolute atomic E-state index is 0.0167. The molecule has 1 amide bonds. The topological polar surface area (TPSA) is 67.2 Å². The molecule has 2 aromatic heterocycles. The zero-order valence-corrected chi connectivity index (χ0v) is 13.0. The number of aliphatic hydroxyl groups is 1. The predicted molar refractivity (Wildman–Crippen MR) is 80.6 cm³/mol. The van der Waals surface area contributed by atoms with Gasteiger partial charge in [-0.1, -0.05) is 17.8 Å². The fraction of sp³-hybridized carbons (Fsp3) is 0.385. The van der Waals surface area contributed by atoms with Crippen molar-refractivity contribution in [3.8, 4) is 0 Å². The molecule has 1 atom stereocenters. The Kier molecular flexibility index (Phi) is 5.22. The number of carbonyl (C=O) groups excluding carboxylic acids is 1. The van der Waals surface area contributed by atoms with E-state index < -0.39 is 0 Å². The summed E-state index contributed by atoms with van der Waals surface area (Å²) in [6, 6.07) is 3.96. The smallest absolute Gasteiger partial charge is 0.233 e. The summed E-state index contributed by atoms with van der Waals surface area (Å²) in [5, 5.41) is 14.5. The van der Waals surface area contributed by atoms with E-state index in [4.69, 9.17) is 5.11 Å². The third kappa shape index (κ3) is 3.62. The Hall–Kier alpha value is -1.31. The van der Waals surface area contributed by atoms with Crippen molar-refractivity contribution >= 4 is 29.0 Å². The molecule has 0 aliphatic heterocycles. The third-order valence-electron chi connectivity index (χ3n) is 2.87. The molecule has 5 nitrogen and oxygen atoms in total. The summed E-state index contributed by atoms with van der Waals surface area (Å²) < 4.78 is 1.80. The molecular weight excluding hydrogens is 294 g/mol. The maximum Gasteiger partial charge on any atom is 0.233 e. The van der Waals surface area contributed by atoms with Crippen molar-refractivity contribution in [3.05, 3.63) is 34.3 Å². The van der Waals surface area contributed by atoms with Crippen LogP contribution in [0.2, 0.25) is 0 Å². The molecular formula is C13H17N3O2S2. The second-order valence-electron chi connectivity index (χ2n) is 4.31. The highest BCUT2D eigenvalue weighted by molar-refractivity contribution is 8.00. The average molecular weight is 311 g/mol. The molecule has 0 spiro atoms. The zero-order valence-electron chi connectivity index (χ0n) is 11.4. The molecule has 7 heteroatoms. The maximum atomic E-state index is 12.0. The highest BCUT2D eigenvalue weighted by Gasteiger charge is 2.17. The lowest BCUT2D eigenvalue weighted by Gasteiger charge is -2.11. The van der Waals surface area contributed by atoms with Crippen LogP contribution in [0.5, 0.6) is 0 Å². The second kappa shape index (κ2) is 6.92. The largest absolute Gasteiger partial charge is 0.390 e. The number of carbonyl (C=O) groups is 1. The molecule has 2 rings (SSSR count). The van der Waals surface area contributed by atoms with Crippen LogP contribution < -0.4 is 5.32 Å². The lowest BCUT2D eigenvalue weighted by atomic mass is 10.4. The Morgan fingerprint density at radius 2 is 2.45 bits per heavy atom. The molecule has 0 bridgehead atoms. The number of nitrogens with one attached hydrogen (secondary N) is 1. The van der Waals surface area contributed by atoms with Crippen LogP contribution in [0.3, 0.4) is 0 Å². The van der Waals surface area contributed by atoms with Gasteiger partial charge in [-0.2, -0.15) is 0 Å². The van der Waals surface area contributed by atoms with Crippen LogP contribution >= 0.6 is 23.1 Å². The Bertz CT molecular complexity index is 566. The fourth-order valence-corrected chi connectivity index (χ4v) is 3.17. The summed E-state index contributed by atoms with van der Waals surface area (Å²) in [4.78, 5) is 17.4. The van der Waals surface area contributed by atoms with Gasteiger partial charge in [-0.3, -0.25) is 4.79 Å². The number of amides is 1. The molecule has 0 saturated heterocycles.